The summed E-state index contributed by atoms with van der Waals surface area (Å²) in [5.41, 5.74) is 2.80. The summed E-state index contributed by atoms with van der Waals surface area (Å²) in [6.07, 6.45) is 5.50. The number of anilines is 1. The van der Waals surface area contributed by atoms with Crippen LogP contribution in [-0.4, -0.2) is 24.7 Å². The van der Waals surface area contributed by atoms with Crippen LogP contribution in [0.5, 0.6) is 0 Å². The topological polar surface area (TPSA) is 68.5 Å². The third kappa shape index (κ3) is 3.71. The molecule has 0 aliphatic carbocycles. The van der Waals surface area contributed by atoms with E-state index in [-0.39, 0.29) is 0 Å². The molecule has 23 heavy (non-hydrogen) atoms. The maximum Gasteiger partial charge on any atom is 0.163 e. The molecular formula is C17H20N6. The summed E-state index contributed by atoms with van der Waals surface area (Å²) in [7, 11) is 0. The Labute approximate surface area is 135 Å². The van der Waals surface area contributed by atoms with Gasteiger partial charge in [0, 0.05) is 42.0 Å². The molecular weight excluding hydrogens is 288 g/mol. The van der Waals surface area contributed by atoms with Crippen molar-refractivity contribution in [2.75, 3.05) is 5.32 Å². The molecule has 0 amide bonds. The molecule has 0 fully saturated rings. The van der Waals surface area contributed by atoms with Crippen LogP contribution in [0.2, 0.25) is 0 Å². The molecule has 0 radical (unpaired) electrons. The van der Waals surface area contributed by atoms with Gasteiger partial charge < -0.3 is 5.32 Å². The van der Waals surface area contributed by atoms with Crippen LogP contribution in [0.1, 0.15) is 31.3 Å². The van der Waals surface area contributed by atoms with Gasteiger partial charge in [0.2, 0.25) is 0 Å². The smallest absolute Gasteiger partial charge is 0.163 e. The summed E-state index contributed by atoms with van der Waals surface area (Å²) in [5.74, 6) is 1.46. The van der Waals surface area contributed by atoms with Crippen molar-refractivity contribution < 1.29 is 0 Å². The van der Waals surface area contributed by atoms with Crippen molar-refractivity contribution >= 4 is 5.82 Å². The summed E-state index contributed by atoms with van der Waals surface area (Å²) in [4.78, 5) is 13.2. The Bertz CT molecular complexity index is 779. The third-order valence-corrected chi connectivity index (χ3v) is 3.42. The predicted octanol–water partition coefficient (Wildman–Crippen LogP) is 3.24. The second-order valence-electron chi connectivity index (χ2n) is 5.69. The van der Waals surface area contributed by atoms with Crippen molar-refractivity contribution in [3.8, 4) is 11.4 Å². The minimum Gasteiger partial charge on any atom is -0.364 e. The minimum absolute atomic E-state index is 0.363. The number of aromatic nitrogens is 5. The lowest BCUT2D eigenvalue weighted by molar-refractivity contribution is 0.527. The van der Waals surface area contributed by atoms with Crippen LogP contribution in [0.15, 0.2) is 42.9 Å². The van der Waals surface area contributed by atoms with E-state index in [1.165, 1.54) is 0 Å². The first-order chi connectivity index (χ1) is 11.1. The number of hydrogen-bond acceptors (Lipinski definition) is 5. The van der Waals surface area contributed by atoms with Gasteiger partial charge in [0.15, 0.2) is 5.82 Å². The Morgan fingerprint density at radius 3 is 2.78 bits per heavy atom. The van der Waals surface area contributed by atoms with E-state index in [0.29, 0.717) is 18.4 Å². The average molecular weight is 308 g/mol. The lowest BCUT2D eigenvalue weighted by atomic mass is 10.2. The number of rotatable bonds is 5. The number of pyridine rings is 1. The Kier molecular flexibility index (Phi) is 4.32. The molecule has 0 saturated heterocycles. The van der Waals surface area contributed by atoms with E-state index in [0.717, 1.165) is 22.8 Å². The standard InChI is InChI=1S/C17H20N6/c1-12(2)23-8-6-15(22-23)11-19-16-9-13(3)20-17(21-16)14-5-4-7-18-10-14/h4-10,12H,11H2,1-3H3,(H,19,20,21). The van der Waals surface area contributed by atoms with Crippen molar-refractivity contribution in [2.24, 2.45) is 0 Å². The van der Waals surface area contributed by atoms with Gasteiger partial charge in [0.1, 0.15) is 5.82 Å². The zero-order valence-corrected chi connectivity index (χ0v) is 13.6. The molecule has 3 rings (SSSR count). The van der Waals surface area contributed by atoms with Crippen LogP contribution >= 0.6 is 0 Å². The lowest BCUT2D eigenvalue weighted by Crippen LogP contribution is -2.06. The highest BCUT2D eigenvalue weighted by Crippen LogP contribution is 2.17. The van der Waals surface area contributed by atoms with Gasteiger partial charge in [-0.2, -0.15) is 5.10 Å². The molecule has 0 saturated carbocycles. The summed E-state index contributed by atoms with van der Waals surface area (Å²) in [5, 5.41) is 7.85. The molecule has 0 aliphatic rings. The number of hydrogen-bond donors (Lipinski definition) is 1. The molecule has 6 heteroatoms. The van der Waals surface area contributed by atoms with Crippen LogP contribution in [0.4, 0.5) is 5.82 Å². The summed E-state index contributed by atoms with van der Waals surface area (Å²) < 4.78 is 1.95. The molecule has 0 atom stereocenters. The Hall–Kier alpha value is -2.76. The van der Waals surface area contributed by atoms with E-state index in [1.54, 1.807) is 12.4 Å². The van der Waals surface area contributed by atoms with Crippen LogP contribution in [0.3, 0.4) is 0 Å². The van der Waals surface area contributed by atoms with Gasteiger partial charge >= 0.3 is 0 Å². The SMILES string of the molecule is Cc1cc(NCc2ccn(C(C)C)n2)nc(-c2cccnc2)n1. The first-order valence-corrected chi connectivity index (χ1v) is 7.66. The maximum atomic E-state index is 4.56. The monoisotopic (exact) mass is 308 g/mol. The predicted molar refractivity (Wildman–Crippen MR) is 89.9 cm³/mol. The highest BCUT2D eigenvalue weighted by molar-refractivity contribution is 5.56. The molecule has 0 bridgehead atoms. The molecule has 0 aromatic carbocycles. The fraction of sp³-hybridized carbons (Fsp3) is 0.294. The molecule has 0 spiro atoms. The average Bonchev–Trinajstić information content (AvgIpc) is 3.03. The van der Waals surface area contributed by atoms with Crippen LogP contribution in [0, 0.1) is 6.92 Å². The van der Waals surface area contributed by atoms with Gasteiger partial charge in [-0.3, -0.25) is 9.67 Å². The number of aryl methyl sites for hydroxylation is 1. The molecule has 0 unspecified atom stereocenters. The summed E-state index contributed by atoms with van der Waals surface area (Å²) in [6, 6.07) is 8.15. The van der Waals surface area contributed by atoms with Gasteiger partial charge in [-0.1, -0.05) is 0 Å². The minimum atomic E-state index is 0.363. The van der Waals surface area contributed by atoms with Crippen molar-refractivity contribution in [3.05, 3.63) is 54.2 Å². The Morgan fingerprint density at radius 2 is 2.09 bits per heavy atom. The molecule has 3 aromatic rings. The summed E-state index contributed by atoms with van der Waals surface area (Å²) >= 11 is 0. The zero-order valence-electron chi connectivity index (χ0n) is 13.6. The zero-order chi connectivity index (χ0) is 16.2. The first kappa shape index (κ1) is 15.1. The Balaban J connectivity index is 1.76. The van der Waals surface area contributed by atoms with Crippen LogP contribution in [0.25, 0.3) is 11.4 Å². The number of nitrogens with zero attached hydrogens (tertiary/aromatic N) is 5. The number of nitrogens with one attached hydrogen (secondary N) is 1. The first-order valence-electron chi connectivity index (χ1n) is 7.66. The molecule has 0 aliphatic heterocycles. The van der Waals surface area contributed by atoms with Gasteiger partial charge in [-0.25, -0.2) is 9.97 Å². The summed E-state index contributed by atoms with van der Waals surface area (Å²) in [6.45, 7) is 6.80. The highest BCUT2D eigenvalue weighted by atomic mass is 15.3. The highest BCUT2D eigenvalue weighted by Gasteiger charge is 2.06. The van der Waals surface area contributed by atoms with E-state index in [9.17, 15) is 0 Å². The van der Waals surface area contributed by atoms with E-state index in [4.69, 9.17) is 0 Å². The lowest BCUT2D eigenvalue weighted by Gasteiger charge is -2.08. The van der Waals surface area contributed by atoms with Crippen LogP contribution < -0.4 is 5.32 Å². The second-order valence-corrected chi connectivity index (χ2v) is 5.69. The van der Waals surface area contributed by atoms with Gasteiger partial charge in [0.05, 0.1) is 12.2 Å². The second kappa shape index (κ2) is 6.56. The molecule has 118 valence electrons. The quantitative estimate of drug-likeness (QED) is 0.783. The van der Waals surface area contributed by atoms with E-state index in [1.807, 2.05) is 42.1 Å². The molecule has 1 N–H and O–H groups in total. The third-order valence-electron chi connectivity index (χ3n) is 3.42. The van der Waals surface area contributed by atoms with E-state index >= 15 is 0 Å². The maximum absolute atomic E-state index is 4.56. The van der Waals surface area contributed by atoms with Gasteiger partial charge in [0.25, 0.3) is 0 Å². The fourth-order valence-electron chi connectivity index (χ4n) is 2.22. The Morgan fingerprint density at radius 1 is 1.22 bits per heavy atom. The molecule has 3 aromatic heterocycles. The normalized spacial score (nSPS) is 11.0. The van der Waals surface area contributed by atoms with E-state index < -0.39 is 0 Å². The van der Waals surface area contributed by atoms with Crippen molar-refractivity contribution in [2.45, 2.75) is 33.4 Å². The fourth-order valence-corrected chi connectivity index (χ4v) is 2.22. The van der Waals surface area contributed by atoms with Crippen molar-refractivity contribution in [1.29, 1.82) is 0 Å². The van der Waals surface area contributed by atoms with Crippen molar-refractivity contribution in [1.82, 2.24) is 24.7 Å². The van der Waals surface area contributed by atoms with Gasteiger partial charge in [-0.15, -0.1) is 0 Å². The van der Waals surface area contributed by atoms with E-state index in [2.05, 4.69) is 39.2 Å². The molecule has 3 heterocycles. The molecule has 6 nitrogen and oxygen atoms in total. The largest absolute Gasteiger partial charge is 0.364 e. The van der Waals surface area contributed by atoms with Crippen LogP contribution in [-0.2, 0) is 6.54 Å². The van der Waals surface area contributed by atoms with Gasteiger partial charge in [-0.05, 0) is 39.0 Å². The van der Waals surface area contributed by atoms with Crippen molar-refractivity contribution in [3.63, 3.8) is 0 Å².